The van der Waals surface area contributed by atoms with Gasteiger partial charge in [-0.05, 0) is 17.5 Å². The molecule has 2 aromatic carbocycles. The fourth-order valence-corrected chi connectivity index (χ4v) is 2.08. The first-order valence-corrected chi connectivity index (χ1v) is 5.62. The van der Waals surface area contributed by atoms with Crippen molar-refractivity contribution in [2.45, 2.75) is 6.92 Å². The molecule has 0 saturated carbocycles. The van der Waals surface area contributed by atoms with Crippen LogP contribution in [-0.4, -0.2) is 16.7 Å². The third-order valence-electron chi connectivity index (χ3n) is 2.86. The molecule has 1 aliphatic heterocycles. The number of benzene rings is 2. The van der Waals surface area contributed by atoms with Crippen molar-refractivity contribution in [1.29, 1.82) is 0 Å². The summed E-state index contributed by atoms with van der Waals surface area (Å²) in [5.74, 6) is -0.677. The quantitative estimate of drug-likeness (QED) is 0.486. The van der Waals surface area contributed by atoms with Gasteiger partial charge < -0.3 is 11.8 Å². The van der Waals surface area contributed by atoms with Gasteiger partial charge in [-0.15, -0.1) is 0 Å². The van der Waals surface area contributed by atoms with E-state index in [1.54, 1.807) is 19.1 Å². The number of carbonyl (C=O) groups is 2. The summed E-state index contributed by atoms with van der Waals surface area (Å²) in [6, 6.07) is 10.8. The molecule has 0 bridgehead atoms. The molecule has 0 N–H and O–H groups in total. The predicted octanol–water partition coefficient (Wildman–Crippen LogP) is 3.07. The Morgan fingerprint density at radius 2 is 1.32 bits per heavy atom. The van der Waals surface area contributed by atoms with E-state index < -0.39 is 0 Å². The van der Waals surface area contributed by atoms with Gasteiger partial charge in [0.05, 0.1) is 0 Å². The zero-order valence-corrected chi connectivity index (χ0v) is 13.8. The largest absolute Gasteiger partial charge is 2.00 e. The molecular weight excluding hydrogens is 407 g/mol. The van der Waals surface area contributed by atoms with Crippen LogP contribution in [0, 0.1) is 14.0 Å². The average molecular weight is 420 g/mol. The van der Waals surface area contributed by atoms with Crippen molar-refractivity contribution >= 4 is 22.6 Å². The number of hydrogen-bond donors (Lipinski definition) is 0. The second-order valence-corrected chi connectivity index (χ2v) is 3.75. The number of imide groups is 1. The minimum Gasteiger partial charge on any atom is -0.430 e. The molecule has 2 amide bonds. The van der Waals surface area contributed by atoms with Crippen molar-refractivity contribution in [2.24, 2.45) is 0 Å². The average Bonchev–Trinajstić information content (AvgIpc) is 2.44. The molecule has 19 heavy (non-hydrogen) atoms. The van der Waals surface area contributed by atoms with Crippen molar-refractivity contribution < 1.29 is 32.0 Å². The normalized spacial score (nSPS) is 12.7. The molecule has 0 spiro atoms. The van der Waals surface area contributed by atoms with E-state index in [1.807, 2.05) is 24.3 Å². The van der Waals surface area contributed by atoms with Crippen molar-refractivity contribution in [1.82, 2.24) is 4.90 Å². The van der Waals surface area contributed by atoms with Crippen LogP contribution in [0.15, 0.2) is 36.4 Å². The maximum atomic E-state index is 11.9. The Morgan fingerprint density at radius 3 is 1.74 bits per heavy atom. The Bertz CT molecular complexity index is 586. The number of rotatable bonds is 0. The van der Waals surface area contributed by atoms with E-state index in [2.05, 4.69) is 14.0 Å². The summed E-state index contributed by atoms with van der Waals surface area (Å²) in [5, 5.41) is 1.64. The smallest absolute Gasteiger partial charge is 0.430 e. The van der Waals surface area contributed by atoms with Crippen LogP contribution in [0.2, 0.25) is 0 Å². The summed E-state index contributed by atoms with van der Waals surface area (Å²) >= 11 is 0. The Balaban J connectivity index is 0.000000576. The molecule has 3 nitrogen and oxygen atoms in total. The zero-order chi connectivity index (χ0) is 13.3. The van der Waals surface area contributed by atoms with Crippen molar-refractivity contribution in [3.05, 3.63) is 61.5 Å². The topological polar surface area (TPSA) is 37.4 Å². The summed E-state index contributed by atoms with van der Waals surface area (Å²) in [6.45, 7) is 5.00. The van der Waals surface area contributed by atoms with Gasteiger partial charge in [0, 0.05) is 16.5 Å². The van der Waals surface area contributed by atoms with Gasteiger partial charge in [-0.1, -0.05) is 24.3 Å². The van der Waals surface area contributed by atoms with Gasteiger partial charge >= 0.3 is 22.4 Å². The molecule has 3 rings (SSSR count). The van der Waals surface area contributed by atoms with Gasteiger partial charge in [0.1, 0.15) is 0 Å². The third kappa shape index (κ3) is 2.37. The monoisotopic (exact) mass is 420 g/mol. The van der Waals surface area contributed by atoms with E-state index in [1.165, 1.54) is 0 Å². The minimum atomic E-state index is -0.339. The molecule has 0 aliphatic carbocycles. The molecule has 1 radical (unpaired) electrons. The van der Waals surface area contributed by atoms with Crippen molar-refractivity contribution in [3.8, 4) is 0 Å². The van der Waals surface area contributed by atoms with Crippen LogP contribution in [0.1, 0.15) is 27.6 Å². The van der Waals surface area contributed by atoms with E-state index in [4.69, 9.17) is 0 Å². The summed E-state index contributed by atoms with van der Waals surface area (Å²) in [7, 11) is 3.48. The molecule has 1 heterocycles. The van der Waals surface area contributed by atoms with Crippen LogP contribution < -0.4 is 0 Å². The minimum absolute atomic E-state index is 0. The fourth-order valence-electron chi connectivity index (χ4n) is 2.08. The first kappa shape index (κ1) is 15.6. The maximum Gasteiger partial charge on any atom is 2.00 e. The Morgan fingerprint density at radius 1 is 0.895 bits per heavy atom. The first-order valence-electron chi connectivity index (χ1n) is 5.62. The summed E-state index contributed by atoms with van der Waals surface area (Å²) < 4.78 is 0. The number of carbonyl (C=O) groups excluding carboxylic acids is 2. The first-order chi connectivity index (χ1) is 8.70. The molecule has 4 heteroatoms. The fraction of sp³-hybridized carbons (Fsp3) is 0.0667. The number of hydrogen-bond acceptors (Lipinski definition) is 2. The van der Waals surface area contributed by atoms with Crippen molar-refractivity contribution in [3.63, 3.8) is 0 Å². The van der Waals surface area contributed by atoms with E-state index in [0.717, 1.165) is 15.7 Å². The van der Waals surface area contributed by atoms with E-state index in [-0.39, 0.29) is 34.2 Å². The van der Waals surface area contributed by atoms with Crippen LogP contribution in [0.25, 0.3) is 10.8 Å². The maximum absolute atomic E-state index is 11.9. The summed E-state index contributed by atoms with van der Waals surface area (Å²) in [4.78, 5) is 24.6. The van der Waals surface area contributed by atoms with Crippen LogP contribution in [0.3, 0.4) is 0 Å². The van der Waals surface area contributed by atoms with Crippen LogP contribution in [0.4, 0.5) is 0 Å². The van der Waals surface area contributed by atoms with Crippen molar-refractivity contribution in [2.75, 3.05) is 0 Å². The molecular formula is C15H13NO2Ta. The van der Waals surface area contributed by atoms with Gasteiger partial charge in [-0.3, -0.25) is 9.59 Å². The van der Waals surface area contributed by atoms with Crippen LogP contribution >= 0.6 is 0 Å². The third-order valence-corrected chi connectivity index (χ3v) is 2.86. The van der Waals surface area contributed by atoms with Gasteiger partial charge in [-0.25, -0.2) is 7.05 Å². The summed E-state index contributed by atoms with van der Waals surface area (Å²) in [5.41, 5.74) is 1.09. The Labute approximate surface area is 128 Å². The standard InChI is InChI=1S/C13H8NO2.C2H5.Ta/c1-14-12(15)9-6-2-4-8-5-3-7-10(11(8)9)13(14)16;1-2;/h2-7H,1H2;1H2,2H3;/q2*-1;+2. The molecule has 0 aromatic heterocycles. The van der Waals surface area contributed by atoms with E-state index >= 15 is 0 Å². The van der Waals surface area contributed by atoms with Crippen LogP contribution in [-0.2, 0) is 22.4 Å². The second kappa shape index (κ2) is 6.15. The van der Waals surface area contributed by atoms with Crippen LogP contribution in [0.5, 0.6) is 0 Å². The number of nitrogens with zero attached hydrogens (tertiary/aromatic N) is 1. The molecule has 0 saturated heterocycles. The molecule has 2 aromatic rings. The Hall–Kier alpha value is -1.42. The zero-order valence-electron chi connectivity index (χ0n) is 10.6. The van der Waals surface area contributed by atoms with Gasteiger partial charge in [-0.2, -0.15) is 6.92 Å². The molecule has 0 atom stereocenters. The predicted molar refractivity (Wildman–Crippen MR) is 70.8 cm³/mol. The summed E-state index contributed by atoms with van der Waals surface area (Å²) in [6.07, 6.45) is 0. The van der Waals surface area contributed by atoms with E-state index in [0.29, 0.717) is 11.1 Å². The molecule has 0 unspecified atom stereocenters. The molecule has 95 valence electrons. The molecule has 1 aliphatic rings. The van der Waals surface area contributed by atoms with Gasteiger partial charge in [0.2, 0.25) is 11.8 Å². The van der Waals surface area contributed by atoms with Gasteiger partial charge in [0.25, 0.3) is 0 Å². The van der Waals surface area contributed by atoms with Gasteiger partial charge in [0.15, 0.2) is 0 Å². The second-order valence-electron chi connectivity index (χ2n) is 3.75. The van der Waals surface area contributed by atoms with E-state index in [9.17, 15) is 9.59 Å². The molecule has 0 fully saturated rings. The number of amides is 2. The Kier molecular flexibility index (Phi) is 5.06. The SMILES string of the molecule is [CH2-]C.[CH2-]N1C(=O)c2cccc3cccc(c23)C1=O.[Ta+2].